The average Bonchev–Trinajstić information content (AvgIpc) is 3.37. The summed E-state index contributed by atoms with van der Waals surface area (Å²) in [5, 5.41) is 2.75. The highest BCUT2D eigenvalue weighted by Crippen LogP contribution is 2.49. The lowest BCUT2D eigenvalue weighted by molar-refractivity contribution is -0.114. The molecule has 3 aliphatic heterocycles. The van der Waals surface area contributed by atoms with Gasteiger partial charge in [0.25, 0.3) is 0 Å². The van der Waals surface area contributed by atoms with E-state index in [4.69, 9.17) is 27.7 Å². The molecule has 2 aromatic rings. The van der Waals surface area contributed by atoms with Gasteiger partial charge in [0.15, 0.2) is 23.2 Å². The number of aromatic nitrogens is 4. The average molecular weight is 603 g/mol. The zero-order valence-electron chi connectivity index (χ0n) is 25.9. The minimum absolute atomic E-state index is 0.196. The van der Waals surface area contributed by atoms with E-state index in [9.17, 15) is 4.79 Å². The zero-order valence-corrected chi connectivity index (χ0v) is 27.9. The number of fused-ring (bicyclic) bond motifs is 2. The summed E-state index contributed by atoms with van der Waals surface area (Å²) in [4.78, 5) is 28.1. The third-order valence-electron chi connectivity index (χ3n) is 8.75. The molecule has 3 saturated heterocycles. The van der Waals surface area contributed by atoms with Crippen LogP contribution in [0, 0.1) is 0 Å². The third-order valence-corrected chi connectivity index (χ3v) is 19.0. The molecule has 3 atom stereocenters. The third kappa shape index (κ3) is 5.08. The van der Waals surface area contributed by atoms with E-state index >= 15 is 0 Å². The van der Waals surface area contributed by atoms with Gasteiger partial charge in [0.2, 0.25) is 11.9 Å². The maximum Gasteiger partial charge on any atom is 0.335 e. The van der Waals surface area contributed by atoms with Crippen molar-refractivity contribution in [2.24, 2.45) is 0 Å². The molecule has 0 bridgehead atoms. The summed E-state index contributed by atoms with van der Waals surface area (Å²) in [6.07, 6.45) is 1.49. The molecule has 0 spiro atoms. The van der Waals surface area contributed by atoms with Crippen LogP contribution in [-0.2, 0) is 22.5 Å². The number of nitrogens with one attached hydrogen (secondary N) is 1. The number of amides is 1. The summed E-state index contributed by atoms with van der Waals surface area (Å²) in [5.74, 6) is 0.719. The summed E-state index contributed by atoms with van der Waals surface area (Å²) >= 11 is 0. The highest BCUT2D eigenvalue weighted by atomic mass is 28.5. The van der Waals surface area contributed by atoms with Crippen molar-refractivity contribution >= 4 is 46.0 Å². The Morgan fingerprint density at radius 3 is 2.20 bits per heavy atom. The monoisotopic (exact) mass is 602 g/mol. The fourth-order valence-electron chi connectivity index (χ4n) is 6.39. The second-order valence-electron chi connectivity index (χ2n) is 12.8. The van der Waals surface area contributed by atoms with E-state index in [1.165, 1.54) is 6.92 Å². The number of imidazole rings is 1. The Hall–Kier alpha value is -2.17. The molecule has 0 aliphatic carbocycles. The number of anilines is 2. The first-order valence-electron chi connectivity index (χ1n) is 14.9. The van der Waals surface area contributed by atoms with E-state index in [-0.39, 0.29) is 40.1 Å². The van der Waals surface area contributed by atoms with Gasteiger partial charge in [0.1, 0.15) is 12.2 Å². The predicted octanol–water partition coefficient (Wildman–Crippen LogP) is 5.40. The summed E-state index contributed by atoms with van der Waals surface area (Å²) in [6, 6.07) is 0. The molecule has 0 aromatic carbocycles. The minimum atomic E-state index is -2.83. The van der Waals surface area contributed by atoms with Crippen molar-refractivity contribution in [3.63, 3.8) is 0 Å². The SMILES string of the molecule is C=C1C2O[Si](C(C)C)(C(C)C)O[Si](C(C)C)(C(C)C)OCC2OC1n1cnc2c(N3CCC3)nc(NC(C)=O)nc21. The Morgan fingerprint density at radius 2 is 1.66 bits per heavy atom. The van der Waals surface area contributed by atoms with Crippen molar-refractivity contribution in [3.05, 3.63) is 18.5 Å². The van der Waals surface area contributed by atoms with E-state index < -0.39 is 29.5 Å². The molecule has 5 heterocycles. The smallest absolute Gasteiger partial charge is 0.335 e. The van der Waals surface area contributed by atoms with Crippen molar-refractivity contribution in [2.45, 2.75) is 109 Å². The van der Waals surface area contributed by atoms with Crippen LogP contribution in [0.5, 0.6) is 0 Å². The number of carbonyl (C=O) groups is 1. The van der Waals surface area contributed by atoms with Crippen molar-refractivity contribution < 1.29 is 22.5 Å². The van der Waals surface area contributed by atoms with Crippen molar-refractivity contribution in [2.75, 3.05) is 29.9 Å². The van der Waals surface area contributed by atoms with Crippen LogP contribution >= 0.6 is 0 Å². The Bertz CT molecular complexity index is 1290. The molecule has 3 aliphatic rings. The minimum Gasteiger partial charge on any atom is -0.414 e. The molecule has 0 saturated carbocycles. The first kappa shape index (κ1) is 30.3. The highest BCUT2D eigenvalue weighted by molar-refractivity contribution is 6.84. The van der Waals surface area contributed by atoms with Gasteiger partial charge in [0, 0.05) is 25.6 Å². The molecule has 2 aromatic heterocycles. The molecule has 1 N–H and O–H groups in total. The maximum absolute atomic E-state index is 11.9. The molecular formula is C28H46N6O5Si2. The Kier molecular flexibility index (Phi) is 8.24. The van der Waals surface area contributed by atoms with Crippen molar-refractivity contribution in [1.82, 2.24) is 19.5 Å². The second-order valence-corrected chi connectivity index (χ2v) is 21.7. The summed E-state index contributed by atoms with van der Waals surface area (Å²) < 4.78 is 30.1. The summed E-state index contributed by atoms with van der Waals surface area (Å²) in [6.45, 7) is 25.8. The molecule has 1 amide bonds. The maximum atomic E-state index is 11.9. The van der Waals surface area contributed by atoms with Crippen LogP contribution < -0.4 is 10.2 Å². The molecule has 11 nitrogen and oxygen atoms in total. The summed E-state index contributed by atoms with van der Waals surface area (Å²) in [7, 11) is -5.53. The van der Waals surface area contributed by atoms with Crippen LogP contribution in [0.15, 0.2) is 18.5 Å². The quantitative estimate of drug-likeness (QED) is 0.329. The van der Waals surface area contributed by atoms with Gasteiger partial charge in [-0.15, -0.1) is 0 Å². The summed E-state index contributed by atoms with van der Waals surface area (Å²) in [5.41, 5.74) is 2.91. The van der Waals surface area contributed by atoms with Gasteiger partial charge in [-0.1, -0.05) is 62.0 Å². The fourth-order valence-corrected chi connectivity index (χ4v) is 17.6. The van der Waals surface area contributed by atoms with E-state index in [1.807, 2.05) is 4.57 Å². The lowest BCUT2D eigenvalue weighted by Gasteiger charge is -2.51. The van der Waals surface area contributed by atoms with Crippen LogP contribution in [0.4, 0.5) is 11.8 Å². The number of hydrogen-bond donors (Lipinski definition) is 1. The van der Waals surface area contributed by atoms with E-state index in [2.05, 4.69) is 77.2 Å². The Balaban J connectivity index is 1.57. The Labute approximate surface area is 245 Å². The highest BCUT2D eigenvalue weighted by Gasteiger charge is 2.60. The second kappa shape index (κ2) is 11.2. The van der Waals surface area contributed by atoms with Gasteiger partial charge in [-0.05, 0) is 28.6 Å². The predicted molar refractivity (Wildman–Crippen MR) is 163 cm³/mol. The molecule has 3 unspecified atom stereocenters. The molecule has 0 radical (unpaired) electrons. The normalized spacial score (nSPS) is 26.0. The number of nitrogens with zero attached hydrogens (tertiary/aromatic N) is 5. The topological polar surface area (TPSA) is 113 Å². The van der Waals surface area contributed by atoms with Gasteiger partial charge in [-0.3, -0.25) is 14.7 Å². The first-order valence-corrected chi connectivity index (χ1v) is 18.9. The van der Waals surface area contributed by atoms with E-state index in [0.29, 0.717) is 23.6 Å². The van der Waals surface area contributed by atoms with Crippen LogP contribution in [0.2, 0.25) is 22.2 Å². The number of carbonyl (C=O) groups excluding carboxylic acids is 1. The molecule has 3 fully saturated rings. The van der Waals surface area contributed by atoms with Crippen molar-refractivity contribution in [1.29, 1.82) is 0 Å². The molecular weight excluding hydrogens is 557 g/mol. The first-order chi connectivity index (χ1) is 19.3. The van der Waals surface area contributed by atoms with Crippen molar-refractivity contribution in [3.8, 4) is 0 Å². The number of rotatable bonds is 7. The van der Waals surface area contributed by atoms with Crippen LogP contribution in [-0.4, -0.2) is 74.5 Å². The van der Waals surface area contributed by atoms with Gasteiger partial charge in [-0.2, -0.15) is 9.97 Å². The standard InChI is InChI=1S/C28H46N6O5Si2/c1-16(2)40(17(3)4)36-14-22-24(38-41(39-40,18(5)6)19(7)8)20(9)27(37-22)34-15-29-23-25(33-12-11-13-33)31-28(30-21(10)35)32-26(23)34/h15-19,22,24,27H,9,11-14H2,1-8,10H3,(H,30,31,32,35). The molecule has 226 valence electrons. The molecule has 13 heteroatoms. The largest absolute Gasteiger partial charge is 0.414 e. The molecule has 41 heavy (non-hydrogen) atoms. The van der Waals surface area contributed by atoms with Crippen LogP contribution in [0.3, 0.4) is 0 Å². The number of ether oxygens (including phenoxy) is 1. The van der Waals surface area contributed by atoms with Gasteiger partial charge >= 0.3 is 17.1 Å². The Morgan fingerprint density at radius 1 is 1.02 bits per heavy atom. The van der Waals surface area contributed by atoms with E-state index in [1.54, 1.807) is 6.33 Å². The van der Waals surface area contributed by atoms with Gasteiger partial charge in [-0.25, -0.2) is 4.98 Å². The number of hydrogen-bond acceptors (Lipinski definition) is 9. The zero-order chi connectivity index (χ0) is 29.9. The van der Waals surface area contributed by atoms with Gasteiger partial charge < -0.3 is 22.6 Å². The lowest BCUT2D eigenvalue weighted by atomic mass is 10.1. The van der Waals surface area contributed by atoms with Crippen LogP contribution in [0.25, 0.3) is 11.2 Å². The van der Waals surface area contributed by atoms with E-state index in [0.717, 1.165) is 25.1 Å². The van der Waals surface area contributed by atoms with Gasteiger partial charge in [0.05, 0.1) is 12.9 Å². The lowest BCUT2D eigenvalue weighted by Crippen LogP contribution is -2.65. The molecule has 5 rings (SSSR count). The fraction of sp³-hybridized carbons (Fsp3) is 0.714. The van der Waals surface area contributed by atoms with Crippen LogP contribution in [0.1, 0.15) is 75.0 Å².